The van der Waals surface area contributed by atoms with Gasteiger partial charge in [-0.3, -0.25) is 5.32 Å². The average molecular weight is 451 g/mol. The summed E-state index contributed by atoms with van der Waals surface area (Å²) in [6, 6.07) is 11.1. The standard InChI is InChI=1S/C23H23F2N7O/c1-2-4-19-14-31(22(28-15-27)30-21-12-17(24)7-8-20(21)25)9-10-32(19)23(33)29-18-6-3-5-16(11-18)13-26/h3,5-8,11-12,19H,2,4,9-10,14H2,1H3,(H,28,30)(H,29,33). The predicted molar refractivity (Wildman–Crippen MR) is 119 cm³/mol. The quantitative estimate of drug-likeness (QED) is 0.317. The van der Waals surface area contributed by atoms with Crippen molar-refractivity contribution in [1.29, 1.82) is 10.5 Å². The van der Waals surface area contributed by atoms with Crippen molar-refractivity contribution in [2.45, 2.75) is 25.8 Å². The molecule has 1 atom stereocenters. The molecule has 1 aliphatic rings. The molecule has 2 amide bonds. The number of carbonyl (C=O) groups is 1. The van der Waals surface area contributed by atoms with Gasteiger partial charge in [0.05, 0.1) is 17.7 Å². The second-order valence-corrected chi connectivity index (χ2v) is 7.47. The number of nitriles is 2. The van der Waals surface area contributed by atoms with Crippen molar-refractivity contribution in [3.05, 3.63) is 59.7 Å². The Labute approximate surface area is 190 Å². The number of rotatable bonds is 4. The van der Waals surface area contributed by atoms with Gasteiger partial charge >= 0.3 is 6.03 Å². The van der Waals surface area contributed by atoms with E-state index in [9.17, 15) is 13.6 Å². The number of anilines is 1. The molecule has 8 nitrogen and oxygen atoms in total. The SMILES string of the molecule is CCCC1CN(C(=Nc2cc(F)ccc2F)NC#N)CCN1C(=O)Nc1cccc(C#N)c1. The molecule has 0 radical (unpaired) electrons. The van der Waals surface area contributed by atoms with E-state index in [1.165, 1.54) is 0 Å². The van der Waals surface area contributed by atoms with Gasteiger partial charge in [0.15, 0.2) is 6.19 Å². The average Bonchev–Trinajstić information content (AvgIpc) is 2.81. The van der Waals surface area contributed by atoms with Gasteiger partial charge in [0.25, 0.3) is 0 Å². The molecule has 0 aliphatic carbocycles. The summed E-state index contributed by atoms with van der Waals surface area (Å²) in [6.45, 7) is 3.00. The number of halogens is 2. The summed E-state index contributed by atoms with van der Waals surface area (Å²) in [4.78, 5) is 20.5. The van der Waals surface area contributed by atoms with Crippen molar-refractivity contribution in [3.63, 3.8) is 0 Å². The first kappa shape index (κ1) is 23.5. The minimum Gasteiger partial charge on any atom is -0.338 e. The van der Waals surface area contributed by atoms with E-state index in [0.29, 0.717) is 37.3 Å². The van der Waals surface area contributed by atoms with Crippen molar-refractivity contribution in [1.82, 2.24) is 15.1 Å². The van der Waals surface area contributed by atoms with Gasteiger partial charge in [-0.2, -0.15) is 10.5 Å². The van der Waals surface area contributed by atoms with Gasteiger partial charge in [-0.05, 0) is 36.8 Å². The van der Waals surface area contributed by atoms with Crippen molar-refractivity contribution < 1.29 is 13.6 Å². The number of guanidine groups is 1. The molecule has 2 aromatic carbocycles. The largest absolute Gasteiger partial charge is 0.338 e. The maximum atomic E-state index is 14.1. The number of urea groups is 1. The molecule has 2 N–H and O–H groups in total. The molecule has 0 bridgehead atoms. The summed E-state index contributed by atoms with van der Waals surface area (Å²) >= 11 is 0. The second-order valence-electron chi connectivity index (χ2n) is 7.47. The van der Waals surface area contributed by atoms with Gasteiger partial charge in [0.1, 0.15) is 17.3 Å². The molecule has 0 spiro atoms. The molecule has 1 heterocycles. The molecule has 2 aromatic rings. The van der Waals surface area contributed by atoms with Crippen LogP contribution >= 0.6 is 0 Å². The fourth-order valence-corrected chi connectivity index (χ4v) is 3.67. The van der Waals surface area contributed by atoms with Crippen LogP contribution in [0.3, 0.4) is 0 Å². The monoisotopic (exact) mass is 451 g/mol. The maximum absolute atomic E-state index is 14.1. The fourth-order valence-electron chi connectivity index (χ4n) is 3.67. The lowest BCUT2D eigenvalue weighted by atomic mass is 10.1. The minimum absolute atomic E-state index is 0.0879. The van der Waals surface area contributed by atoms with Crippen molar-refractivity contribution >= 4 is 23.4 Å². The van der Waals surface area contributed by atoms with Crippen molar-refractivity contribution in [2.24, 2.45) is 4.99 Å². The number of hydrogen-bond acceptors (Lipinski definition) is 4. The lowest BCUT2D eigenvalue weighted by Gasteiger charge is -2.42. The first-order valence-electron chi connectivity index (χ1n) is 10.5. The molecule has 0 saturated carbocycles. The van der Waals surface area contributed by atoms with E-state index in [2.05, 4.69) is 15.6 Å². The van der Waals surface area contributed by atoms with Crippen LogP contribution in [-0.2, 0) is 0 Å². The molecule has 1 saturated heterocycles. The van der Waals surface area contributed by atoms with Gasteiger partial charge in [-0.15, -0.1) is 0 Å². The van der Waals surface area contributed by atoms with E-state index >= 15 is 0 Å². The van der Waals surface area contributed by atoms with E-state index in [1.54, 1.807) is 40.3 Å². The molecule has 10 heteroatoms. The summed E-state index contributed by atoms with van der Waals surface area (Å²) in [6.07, 6.45) is 3.29. The third-order valence-electron chi connectivity index (χ3n) is 5.21. The van der Waals surface area contributed by atoms with Gasteiger partial charge in [0, 0.05) is 31.4 Å². The van der Waals surface area contributed by atoms with E-state index in [4.69, 9.17) is 10.5 Å². The Morgan fingerprint density at radius 1 is 1.21 bits per heavy atom. The second kappa shape index (κ2) is 10.9. The first-order valence-corrected chi connectivity index (χ1v) is 10.5. The smallest absolute Gasteiger partial charge is 0.322 e. The van der Waals surface area contributed by atoms with Crippen LogP contribution in [0.4, 0.5) is 25.0 Å². The third-order valence-corrected chi connectivity index (χ3v) is 5.21. The zero-order chi connectivity index (χ0) is 23.8. The fraction of sp³-hybridized carbons (Fsp3) is 0.304. The number of aliphatic imine (C=N–C) groups is 1. The maximum Gasteiger partial charge on any atom is 0.322 e. The van der Waals surface area contributed by atoms with Crippen LogP contribution in [-0.4, -0.2) is 47.5 Å². The summed E-state index contributed by atoms with van der Waals surface area (Å²) in [7, 11) is 0. The van der Waals surface area contributed by atoms with Crippen LogP contribution in [0.1, 0.15) is 25.3 Å². The van der Waals surface area contributed by atoms with Crippen LogP contribution in [0, 0.1) is 34.4 Å². The number of carbonyl (C=O) groups excluding carboxylic acids is 1. The normalized spacial score (nSPS) is 16.0. The Hall–Kier alpha value is -4.18. The van der Waals surface area contributed by atoms with Crippen molar-refractivity contribution in [3.8, 4) is 12.3 Å². The van der Waals surface area contributed by atoms with E-state index in [1.807, 2.05) is 13.0 Å². The summed E-state index contributed by atoms with van der Waals surface area (Å²) in [5.41, 5.74) is 0.736. The van der Waals surface area contributed by atoms with Gasteiger partial charge in [-0.25, -0.2) is 18.6 Å². The molecule has 1 fully saturated rings. The molecular weight excluding hydrogens is 428 g/mol. The van der Waals surface area contributed by atoms with Gasteiger partial charge in [-0.1, -0.05) is 19.4 Å². The van der Waals surface area contributed by atoms with E-state index in [-0.39, 0.29) is 23.7 Å². The lowest BCUT2D eigenvalue weighted by molar-refractivity contribution is 0.129. The van der Waals surface area contributed by atoms with Crippen LogP contribution in [0.15, 0.2) is 47.5 Å². The van der Waals surface area contributed by atoms with Crippen LogP contribution in [0.25, 0.3) is 0 Å². The van der Waals surface area contributed by atoms with Gasteiger partial charge < -0.3 is 15.1 Å². The highest BCUT2D eigenvalue weighted by Gasteiger charge is 2.31. The highest BCUT2D eigenvalue weighted by atomic mass is 19.1. The molecule has 1 unspecified atom stereocenters. The zero-order valence-electron chi connectivity index (χ0n) is 18.1. The van der Waals surface area contributed by atoms with Crippen molar-refractivity contribution in [2.75, 3.05) is 25.0 Å². The first-order chi connectivity index (χ1) is 15.9. The lowest BCUT2D eigenvalue weighted by Crippen LogP contribution is -2.59. The van der Waals surface area contributed by atoms with Gasteiger partial charge in [0.2, 0.25) is 5.96 Å². The number of hydrogen-bond donors (Lipinski definition) is 2. The molecule has 3 rings (SSSR count). The molecular formula is C23H23F2N7O. The summed E-state index contributed by atoms with van der Waals surface area (Å²) in [5, 5.41) is 23.5. The topological polar surface area (TPSA) is 108 Å². The number of amides is 2. The van der Waals surface area contributed by atoms with E-state index < -0.39 is 11.6 Å². The number of benzene rings is 2. The van der Waals surface area contributed by atoms with Crippen LogP contribution in [0.5, 0.6) is 0 Å². The molecule has 170 valence electrons. The Bertz CT molecular complexity index is 1120. The highest BCUT2D eigenvalue weighted by Crippen LogP contribution is 2.22. The Morgan fingerprint density at radius 3 is 2.76 bits per heavy atom. The molecule has 1 aliphatic heterocycles. The molecule has 33 heavy (non-hydrogen) atoms. The number of piperazine rings is 1. The molecule has 0 aromatic heterocycles. The van der Waals surface area contributed by atoms with E-state index in [0.717, 1.165) is 24.6 Å². The summed E-state index contributed by atoms with van der Waals surface area (Å²) in [5.74, 6) is -1.27. The summed E-state index contributed by atoms with van der Waals surface area (Å²) < 4.78 is 27.6. The Balaban J connectivity index is 1.79. The van der Waals surface area contributed by atoms with Crippen LogP contribution in [0.2, 0.25) is 0 Å². The minimum atomic E-state index is -0.712. The Kier molecular flexibility index (Phi) is 7.77. The zero-order valence-corrected chi connectivity index (χ0v) is 18.1. The van der Waals surface area contributed by atoms with Crippen LogP contribution < -0.4 is 10.6 Å². The number of nitrogens with zero attached hydrogens (tertiary/aromatic N) is 5. The third kappa shape index (κ3) is 5.95. The number of nitrogens with one attached hydrogen (secondary N) is 2. The Morgan fingerprint density at radius 2 is 2.03 bits per heavy atom. The highest BCUT2D eigenvalue weighted by molar-refractivity contribution is 5.90. The predicted octanol–water partition coefficient (Wildman–Crippen LogP) is 3.91.